The molecule has 1 aliphatic rings. The van der Waals surface area contributed by atoms with E-state index in [0.29, 0.717) is 24.5 Å². The molecule has 0 spiro atoms. The molecule has 1 atom stereocenters. The Balaban J connectivity index is 1.74. The SMILES string of the molecule is O=S(=O)(O)C(F)(F)COCc1ccc(OCC2CO2)c2ccccc12. The fourth-order valence-electron chi connectivity index (χ4n) is 2.29. The van der Waals surface area contributed by atoms with E-state index in [-0.39, 0.29) is 12.7 Å². The Morgan fingerprint density at radius 3 is 2.52 bits per heavy atom. The number of rotatable bonds is 8. The van der Waals surface area contributed by atoms with Gasteiger partial charge >= 0.3 is 15.4 Å². The first-order valence-electron chi connectivity index (χ1n) is 7.45. The van der Waals surface area contributed by atoms with Crippen molar-refractivity contribution in [2.24, 2.45) is 0 Å². The lowest BCUT2D eigenvalue weighted by atomic mass is 10.0. The van der Waals surface area contributed by atoms with Gasteiger partial charge in [0.2, 0.25) is 0 Å². The molecule has 1 saturated heterocycles. The summed E-state index contributed by atoms with van der Waals surface area (Å²) in [5.74, 6) is 0.637. The maximum absolute atomic E-state index is 13.2. The highest BCUT2D eigenvalue weighted by Gasteiger charge is 2.44. The van der Waals surface area contributed by atoms with Crippen LogP contribution in [0.15, 0.2) is 36.4 Å². The summed E-state index contributed by atoms with van der Waals surface area (Å²) < 4.78 is 71.7. The van der Waals surface area contributed by atoms with Crippen LogP contribution in [-0.2, 0) is 26.2 Å². The third-order valence-corrected chi connectivity index (χ3v) is 4.58. The summed E-state index contributed by atoms with van der Waals surface area (Å²) in [5, 5.41) is -2.83. The predicted octanol–water partition coefficient (Wildman–Crippen LogP) is 2.61. The van der Waals surface area contributed by atoms with Crippen molar-refractivity contribution in [3.8, 4) is 5.75 Å². The summed E-state index contributed by atoms with van der Waals surface area (Å²) in [7, 11) is -5.51. The molecule has 2 aromatic rings. The number of alkyl halides is 2. The van der Waals surface area contributed by atoms with E-state index in [9.17, 15) is 17.2 Å². The largest absolute Gasteiger partial charge is 0.490 e. The van der Waals surface area contributed by atoms with Crippen molar-refractivity contribution in [2.45, 2.75) is 18.0 Å². The van der Waals surface area contributed by atoms with Crippen LogP contribution in [0.25, 0.3) is 10.8 Å². The second-order valence-corrected chi connectivity index (χ2v) is 7.19. The Morgan fingerprint density at radius 2 is 1.88 bits per heavy atom. The summed E-state index contributed by atoms with van der Waals surface area (Å²) in [6.07, 6.45) is 0.101. The molecule has 1 unspecified atom stereocenters. The van der Waals surface area contributed by atoms with Crippen molar-refractivity contribution in [3.63, 3.8) is 0 Å². The van der Waals surface area contributed by atoms with E-state index in [4.69, 9.17) is 18.8 Å². The molecule has 3 rings (SSSR count). The maximum atomic E-state index is 13.2. The minimum atomic E-state index is -5.51. The first-order chi connectivity index (χ1) is 11.8. The summed E-state index contributed by atoms with van der Waals surface area (Å²) in [4.78, 5) is 0. The van der Waals surface area contributed by atoms with Crippen LogP contribution in [0.1, 0.15) is 5.56 Å². The number of benzene rings is 2. The van der Waals surface area contributed by atoms with Crippen molar-refractivity contribution in [2.75, 3.05) is 19.8 Å². The first-order valence-corrected chi connectivity index (χ1v) is 8.89. The van der Waals surface area contributed by atoms with Gasteiger partial charge in [0.05, 0.1) is 13.2 Å². The number of halogens is 2. The molecule has 1 heterocycles. The van der Waals surface area contributed by atoms with Crippen molar-refractivity contribution < 1.29 is 36.0 Å². The maximum Gasteiger partial charge on any atom is 0.392 e. The molecule has 9 heteroatoms. The molecule has 0 bridgehead atoms. The Kier molecular flexibility index (Phi) is 4.92. The second-order valence-electron chi connectivity index (χ2n) is 5.64. The molecule has 6 nitrogen and oxygen atoms in total. The van der Waals surface area contributed by atoms with Gasteiger partial charge in [-0.2, -0.15) is 17.2 Å². The average Bonchev–Trinajstić information content (AvgIpc) is 3.37. The van der Waals surface area contributed by atoms with Crippen LogP contribution in [0.5, 0.6) is 5.75 Å². The lowest BCUT2D eigenvalue weighted by Crippen LogP contribution is -2.33. The normalized spacial score (nSPS) is 17.6. The highest BCUT2D eigenvalue weighted by Crippen LogP contribution is 2.30. The zero-order valence-corrected chi connectivity index (χ0v) is 13.8. The van der Waals surface area contributed by atoms with Gasteiger partial charge in [0.25, 0.3) is 0 Å². The molecular formula is C16H16F2O6S. The lowest BCUT2D eigenvalue weighted by molar-refractivity contribution is -0.0262. The van der Waals surface area contributed by atoms with E-state index in [1.54, 1.807) is 24.3 Å². The molecule has 2 aromatic carbocycles. The van der Waals surface area contributed by atoms with E-state index in [2.05, 4.69) is 0 Å². The minimum absolute atomic E-state index is 0.101. The van der Waals surface area contributed by atoms with Gasteiger partial charge in [-0.15, -0.1) is 0 Å². The van der Waals surface area contributed by atoms with Crippen LogP contribution in [-0.4, -0.2) is 44.1 Å². The molecule has 0 aliphatic carbocycles. The van der Waals surface area contributed by atoms with E-state index in [1.807, 2.05) is 12.1 Å². The van der Waals surface area contributed by atoms with Crippen LogP contribution < -0.4 is 4.74 Å². The quantitative estimate of drug-likeness (QED) is 0.565. The fraction of sp³-hybridized carbons (Fsp3) is 0.375. The molecular weight excluding hydrogens is 358 g/mol. The fourth-order valence-corrected chi connectivity index (χ4v) is 2.52. The minimum Gasteiger partial charge on any atom is -0.490 e. The van der Waals surface area contributed by atoms with Gasteiger partial charge < -0.3 is 14.2 Å². The molecule has 136 valence electrons. The van der Waals surface area contributed by atoms with Gasteiger partial charge in [0.15, 0.2) is 0 Å². The molecule has 25 heavy (non-hydrogen) atoms. The van der Waals surface area contributed by atoms with Crippen molar-refractivity contribution in [3.05, 3.63) is 42.0 Å². The van der Waals surface area contributed by atoms with Crippen LogP contribution in [0.2, 0.25) is 0 Å². The molecule has 0 radical (unpaired) electrons. The van der Waals surface area contributed by atoms with E-state index in [0.717, 1.165) is 10.8 Å². The monoisotopic (exact) mass is 374 g/mol. The number of hydrogen-bond acceptors (Lipinski definition) is 5. The Hall–Kier alpha value is -1.81. The lowest BCUT2D eigenvalue weighted by Gasteiger charge is -2.15. The first kappa shape index (κ1) is 18.0. The zero-order chi connectivity index (χ0) is 18.1. The topological polar surface area (TPSA) is 85.4 Å². The average molecular weight is 374 g/mol. The molecule has 0 amide bonds. The van der Waals surface area contributed by atoms with Gasteiger partial charge in [-0.1, -0.05) is 30.3 Å². The van der Waals surface area contributed by atoms with E-state index in [1.165, 1.54) is 0 Å². The molecule has 1 N–H and O–H groups in total. The number of fused-ring (bicyclic) bond motifs is 1. The number of ether oxygens (including phenoxy) is 3. The van der Waals surface area contributed by atoms with Crippen molar-refractivity contribution in [1.82, 2.24) is 0 Å². The van der Waals surface area contributed by atoms with Gasteiger partial charge in [-0.3, -0.25) is 4.55 Å². The highest BCUT2D eigenvalue weighted by atomic mass is 32.2. The third-order valence-electron chi connectivity index (χ3n) is 3.71. The molecule has 0 saturated carbocycles. The summed E-state index contributed by atoms with van der Waals surface area (Å²) in [5.41, 5.74) is 0.594. The third kappa shape index (κ3) is 4.24. The van der Waals surface area contributed by atoms with E-state index >= 15 is 0 Å². The summed E-state index contributed by atoms with van der Waals surface area (Å²) >= 11 is 0. The van der Waals surface area contributed by atoms with Crippen LogP contribution in [0, 0.1) is 0 Å². The van der Waals surface area contributed by atoms with Crippen LogP contribution >= 0.6 is 0 Å². The highest BCUT2D eigenvalue weighted by molar-refractivity contribution is 7.86. The van der Waals surface area contributed by atoms with Gasteiger partial charge in [0.1, 0.15) is 25.1 Å². The smallest absolute Gasteiger partial charge is 0.392 e. The van der Waals surface area contributed by atoms with Crippen molar-refractivity contribution >= 4 is 20.9 Å². The zero-order valence-electron chi connectivity index (χ0n) is 13.0. The summed E-state index contributed by atoms with van der Waals surface area (Å²) in [6.45, 7) is -0.568. The van der Waals surface area contributed by atoms with E-state index < -0.39 is 22.0 Å². The molecule has 1 fully saturated rings. The number of hydrogen-bond donors (Lipinski definition) is 1. The van der Waals surface area contributed by atoms with Crippen LogP contribution in [0.3, 0.4) is 0 Å². The Morgan fingerprint density at radius 1 is 1.20 bits per heavy atom. The van der Waals surface area contributed by atoms with Gasteiger partial charge in [-0.25, -0.2) is 0 Å². The van der Waals surface area contributed by atoms with Gasteiger partial charge in [-0.05, 0) is 17.0 Å². The molecule has 1 aliphatic heterocycles. The van der Waals surface area contributed by atoms with Crippen molar-refractivity contribution in [1.29, 1.82) is 0 Å². The summed E-state index contributed by atoms with van der Waals surface area (Å²) in [6, 6.07) is 10.6. The predicted molar refractivity (Wildman–Crippen MR) is 85.3 cm³/mol. The Bertz CT molecular complexity index is 864. The Labute approximate surface area is 143 Å². The second kappa shape index (κ2) is 6.83. The van der Waals surface area contributed by atoms with Crippen LogP contribution in [0.4, 0.5) is 8.78 Å². The molecule has 0 aromatic heterocycles. The standard InChI is InChI=1S/C16H16F2O6S/c17-16(18,25(19,20)21)10-22-7-11-5-6-15(24-9-12-8-23-12)14-4-2-1-3-13(11)14/h1-6,12H,7-10H2,(H,19,20,21). The number of epoxide rings is 1. The van der Waals surface area contributed by atoms with Gasteiger partial charge in [0, 0.05) is 5.39 Å².